The van der Waals surface area contributed by atoms with E-state index < -0.39 is 0 Å². The number of nitrogens with zero attached hydrogens (tertiary/aromatic N) is 2. The number of methoxy groups -OCH3 is 1. The van der Waals surface area contributed by atoms with Crippen LogP contribution in [0.5, 0.6) is 5.75 Å². The zero-order valence-corrected chi connectivity index (χ0v) is 20.3. The molecule has 34 heavy (non-hydrogen) atoms. The summed E-state index contributed by atoms with van der Waals surface area (Å²) < 4.78 is 5.15. The summed E-state index contributed by atoms with van der Waals surface area (Å²) in [5, 5.41) is 7.78. The van der Waals surface area contributed by atoms with Gasteiger partial charge in [0.1, 0.15) is 12.3 Å². The van der Waals surface area contributed by atoms with Crippen LogP contribution in [-0.2, 0) is 20.9 Å². The molecule has 3 aromatic rings. The molecule has 0 aliphatic heterocycles. The molecule has 9 heteroatoms. The van der Waals surface area contributed by atoms with Crippen molar-refractivity contribution in [2.45, 2.75) is 33.2 Å². The lowest BCUT2D eigenvalue weighted by Crippen LogP contribution is -2.41. The summed E-state index contributed by atoms with van der Waals surface area (Å²) in [6, 6.07) is 13.0. The maximum atomic E-state index is 13.1. The van der Waals surface area contributed by atoms with E-state index in [-0.39, 0.29) is 37.1 Å². The number of carbonyl (C=O) groups excluding carboxylic acids is 3. The molecule has 0 radical (unpaired) electrons. The van der Waals surface area contributed by atoms with Crippen molar-refractivity contribution in [2.24, 2.45) is 0 Å². The Balaban J connectivity index is 1.66. The second-order valence-corrected chi connectivity index (χ2v) is 8.60. The second-order valence-electron chi connectivity index (χ2n) is 7.71. The van der Waals surface area contributed by atoms with Crippen LogP contribution in [0.25, 0.3) is 0 Å². The standard InChI is InChI=1S/C25H28N4O4S/c1-17-5-4-6-21(18(17)2)29(24(32)12-11-22(30)28-25-26-13-14-34-25)16-23(31)27-15-19-7-9-20(33-3)10-8-19/h4-10,13-14H,11-12,15-16H2,1-3H3,(H,27,31)(H,26,28,30). The van der Waals surface area contributed by atoms with E-state index in [4.69, 9.17) is 4.74 Å². The Kier molecular flexibility index (Phi) is 8.75. The van der Waals surface area contributed by atoms with Crippen LogP contribution in [0.2, 0.25) is 0 Å². The first-order valence-corrected chi connectivity index (χ1v) is 11.7. The molecular weight excluding hydrogens is 452 g/mol. The fourth-order valence-corrected chi connectivity index (χ4v) is 3.85. The van der Waals surface area contributed by atoms with E-state index in [9.17, 15) is 14.4 Å². The second kappa shape index (κ2) is 11.9. The molecule has 1 heterocycles. The van der Waals surface area contributed by atoms with Crippen LogP contribution in [-0.4, -0.2) is 36.4 Å². The molecule has 178 valence electrons. The fourth-order valence-electron chi connectivity index (χ4n) is 3.30. The topological polar surface area (TPSA) is 101 Å². The number of nitrogens with one attached hydrogen (secondary N) is 2. The van der Waals surface area contributed by atoms with Crippen molar-refractivity contribution in [1.82, 2.24) is 10.3 Å². The van der Waals surface area contributed by atoms with E-state index in [0.717, 1.165) is 22.4 Å². The van der Waals surface area contributed by atoms with Crippen LogP contribution in [0, 0.1) is 13.8 Å². The number of carbonyl (C=O) groups is 3. The zero-order valence-electron chi connectivity index (χ0n) is 19.5. The SMILES string of the molecule is COc1ccc(CNC(=O)CN(C(=O)CCC(=O)Nc2nccs2)c2cccc(C)c2C)cc1. The van der Waals surface area contributed by atoms with Gasteiger partial charge in [-0.2, -0.15) is 0 Å². The van der Waals surface area contributed by atoms with Crippen molar-refractivity contribution >= 4 is 39.9 Å². The molecule has 0 saturated heterocycles. The number of thiazole rings is 1. The number of aromatic nitrogens is 1. The Morgan fingerprint density at radius 2 is 1.79 bits per heavy atom. The van der Waals surface area contributed by atoms with Crippen molar-refractivity contribution in [3.8, 4) is 5.75 Å². The van der Waals surface area contributed by atoms with Crippen LogP contribution >= 0.6 is 11.3 Å². The van der Waals surface area contributed by atoms with E-state index in [1.165, 1.54) is 16.2 Å². The van der Waals surface area contributed by atoms with Gasteiger partial charge in [0.2, 0.25) is 17.7 Å². The first kappa shape index (κ1) is 24.9. The minimum atomic E-state index is -0.303. The summed E-state index contributed by atoms with van der Waals surface area (Å²) in [5.41, 5.74) is 3.49. The number of aryl methyl sites for hydroxylation is 1. The van der Waals surface area contributed by atoms with Gasteiger partial charge in [-0.25, -0.2) is 4.98 Å². The highest BCUT2D eigenvalue weighted by Gasteiger charge is 2.22. The van der Waals surface area contributed by atoms with E-state index in [1.807, 2.05) is 56.3 Å². The molecule has 3 rings (SSSR count). The van der Waals surface area contributed by atoms with Gasteiger partial charge in [0.05, 0.1) is 7.11 Å². The van der Waals surface area contributed by atoms with Crippen molar-refractivity contribution in [1.29, 1.82) is 0 Å². The van der Waals surface area contributed by atoms with Crippen LogP contribution in [0.4, 0.5) is 10.8 Å². The zero-order chi connectivity index (χ0) is 24.5. The monoisotopic (exact) mass is 480 g/mol. The van der Waals surface area contributed by atoms with Gasteiger partial charge in [0, 0.05) is 36.7 Å². The Morgan fingerprint density at radius 1 is 1.03 bits per heavy atom. The Bertz CT molecular complexity index is 1130. The smallest absolute Gasteiger partial charge is 0.240 e. The quantitative estimate of drug-likeness (QED) is 0.459. The summed E-state index contributed by atoms with van der Waals surface area (Å²) in [7, 11) is 1.60. The Labute approximate surface area is 203 Å². The molecule has 3 amide bonds. The normalized spacial score (nSPS) is 10.4. The molecule has 1 aromatic heterocycles. The third kappa shape index (κ3) is 6.89. The first-order valence-electron chi connectivity index (χ1n) is 10.8. The number of anilines is 2. The maximum absolute atomic E-state index is 13.1. The van der Waals surface area contributed by atoms with Gasteiger partial charge in [-0.15, -0.1) is 11.3 Å². The minimum absolute atomic E-state index is 0.00670. The first-order chi connectivity index (χ1) is 16.4. The molecule has 8 nitrogen and oxygen atoms in total. The lowest BCUT2D eigenvalue weighted by atomic mass is 10.1. The third-order valence-electron chi connectivity index (χ3n) is 5.36. The predicted octanol–water partition coefficient (Wildman–Crippen LogP) is 3.84. The molecule has 0 aliphatic rings. The van der Waals surface area contributed by atoms with Crippen LogP contribution < -0.4 is 20.3 Å². The van der Waals surface area contributed by atoms with Crippen molar-refractivity contribution in [3.63, 3.8) is 0 Å². The largest absolute Gasteiger partial charge is 0.497 e. The average molecular weight is 481 g/mol. The van der Waals surface area contributed by atoms with E-state index in [2.05, 4.69) is 15.6 Å². The molecule has 0 unspecified atom stereocenters. The molecule has 0 bridgehead atoms. The van der Waals surface area contributed by atoms with Gasteiger partial charge in [-0.3, -0.25) is 14.4 Å². The maximum Gasteiger partial charge on any atom is 0.240 e. The van der Waals surface area contributed by atoms with E-state index >= 15 is 0 Å². The van der Waals surface area contributed by atoms with Crippen LogP contribution in [0.3, 0.4) is 0 Å². The minimum Gasteiger partial charge on any atom is -0.497 e. The summed E-state index contributed by atoms with van der Waals surface area (Å²) in [5.74, 6) is -0.159. The van der Waals surface area contributed by atoms with E-state index in [0.29, 0.717) is 17.4 Å². The Hall–Kier alpha value is -3.72. The summed E-state index contributed by atoms with van der Waals surface area (Å²) >= 11 is 1.31. The van der Waals surface area contributed by atoms with Crippen molar-refractivity contribution in [2.75, 3.05) is 23.9 Å². The van der Waals surface area contributed by atoms with Gasteiger partial charge in [-0.05, 0) is 48.7 Å². The highest BCUT2D eigenvalue weighted by molar-refractivity contribution is 7.13. The molecule has 0 atom stereocenters. The number of amides is 3. The predicted molar refractivity (Wildman–Crippen MR) is 133 cm³/mol. The number of benzene rings is 2. The van der Waals surface area contributed by atoms with Crippen molar-refractivity contribution in [3.05, 3.63) is 70.7 Å². The number of ether oxygens (including phenoxy) is 1. The molecule has 0 fully saturated rings. The highest BCUT2D eigenvalue weighted by Crippen LogP contribution is 2.24. The summed E-state index contributed by atoms with van der Waals surface area (Å²) in [6.45, 7) is 4.04. The fraction of sp³-hybridized carbons (Fsp3) is 0.280. The van der Waals surface area contributed by atoms with Crippen LogP contribution in [0.15, 0.2) is 54.0 Å². The van der Waals surface area contributed by atoms with Gasteiger partial charge < -0.3 is 20.3 Å². The molecule has 2 aromatic carbocycles. The van der Waals surface area contributed by atoms with Gasteiger partial charge in [0.25, 0.3) is 0 Å². The number of rotatable bonds is 10. The van der Waals surface area contributed by atoms with Gasteiger partial charge in [-0.1, -0.05) is 24.3 Å². The molecule has 0 spiro atoms. The number of hydrogen-bond donors (Lipinski definition) is 2. The number of hydrogen-bond acceptors (Lipinski definition) is 6. The third-order valence-corrected chi connectivity index (χ3v) is 6.05. The Morgan fingerprint density at radius 3 is 2.47 bits per heavy atom. The van der Waals surface area contributed by atoms with Gasteiger partial charge in [0.15, 0.2) is 5.13 Å². The molecular formula is C25H28N4O4S. The molecule has 0 saturated carbocycles. The summed E-state index contributed by atoms with van der Waals surface area (Å²) in [4.78, 5) is 43.6. The average Bonchev–Trinajstić information content (AvgIpc) is 3.35. The van der Waals surface area contributed by atoms with Crippen molar-refractivity contribution < 1.29 is 19.1 Å². The highest BCUT2D eigenvalue weighted by atomic mass is 32.1. The van der Waals surface area contributed by atoms with Crippen LogP contribution in [0.1, 0.15) is 29.5 Å². The summed E-state index contributed by atoms with van der Waals surface area (Å²) in [6.07, 6.45) is 1.56. The molecule has 2 N–H and O–H groups in total. The molecule has 0 aliphatic carbocycles. The lowest BCUT2D eigenvalue weighted by Gasteiger charge is -2.25. The van der Waals surface area contributed by atoms with Gasteiger partial charge >= 0.3 is 0 Å². The van der Waals surface area contributed by atoms with E-state index in [1.54, 1.807) is 18.7 Å². The lowest BCUT2D eigenvalue weighted by molar-refractivity contribution is -0.125.